The van der Waals surface area contributed by atoms with Crippen LogP contribution in [0.4, 0.5) is 0 Å². The average Bonchev–Trinajstić information content (AvgIpc) is 2.99. The molecule has 114 valence electrons. The van der Waals surface area contributed by atoms with E-state index in [4.69, 9.17) is 16.7 Å². The minimum absolute atomic E-state index is 0.491. The van der Waals surface area contributed by atoms with Crippen molar-refractivity contribution in [2.45, 2.75) is 43.2 Å². The lowest BCUT2D eigenvalue weighted by molar-refractivity contribution is 0.417. The third-order valence-corrected chi connectivity index (χ3v) is 5.61. The fourth-order valence-electron chi connectivity index (χ4n) is 3.19. The Hall–Kier alpha value is -1.33. The summed E-state index contributed by atoms with van der Waals surface area (Å²) < 4.78 is 1.95. The molecule has 1 aliphatic heterocycles. The van der Waals surface area contributed by atoms with Crippen LogP contribution in [0.3, 0.4) is 0 Å². The molecule has 0 atom stereocenters. The van der Waals surface area contributed by atoms with Gasteiger partial charge in [-0.05, 0) is 18.9 Å². The first-order valence-electron chi connectivity index (χ1n) is 7.74. The molecule has 1 aromatic heterocycles. The number of thioether (sulfide) groups is 1. The van der Waals surface area contributed by atoms with E-state index in [-0.39, 0.29) is 0 Å². The van der Waals surface area contributed by atoms with Crippen molar-refractivity contribution in [2.24, 2.45) is 5.10 Å². The van der Waals surface area contributed by atoms with Gasteiger partial charge in [0.05, 0.1) is 5.71 Å². The zero-order valence-electron chi connectivity index (χ0n) is 12.2. The van der Waals surface area contributed by atoms with Crippen molar-refractivity contribution in [1.82, 2.24) is 14.9 Å². The van der Waals surface area contributed by atoms with Gasteiger partial charge in [-0.1, -0.05) is 60.8 Å². The van der Waals surface area contributed by atoms with Gasteiger partial charge in [0.25, 0.3) is 0 Å². The van der Waals surface area contributed by atoms with Crippen LogP contribution in [0.25, 0.3) is 0 Å². The molecule has 1 aromatic carbocycles. The first-order valence-corrected chi connectivity index (χ1v) is 9.10. The van der Waals surface area contributed by atoms with Crippen LogP contribution in [-0.2, 0) is 0 Å². The molecule has 0 bridgehead atoms. The number of rotatable bonds is 2. The topological polar surface area (TPSA) is 43.1 Å². The molecule has 0 radical (unpaired) electrons. The van der Waals surface area contributed by atoms with Gasteiger partial charge in [-0.3, -0.25) is 0 Å². The summed E-state index contributed by atoms with van der Waals surface area (Å²) >= 11 is 8.00. The summed E-state index contributed by atoms with van der Waals surface area (Å²) in [6, 6.07) is 7.88. The monoisotopic (exact) mass is 332 g/mol. The Morgan fingerprint density at radius 1 is 1.09 bits per heavy atom. The van der Waals surface area contributed by atoms with Gasteiger partial charge in [-0.25, -0.2) is 0 Å². The van der Waals surface area contributed by atoms with Crippen LogP contribution in [0, 0.1) is 0 Å². The van der Waals surface area contributed by atoms with E-state index in [1.165, 1.54) is 32.1 Å². The van der Waals surface area contributed by atoms with E-state index in [0.29, 0.717) is 5.92 Å². The molecule has 0 saturated heterocycles. The predicted molar refractivity (Wildman–Crippen MR) is 90.0 cm³/mol. The molecule has 22 heavy (non-hydrogen) atoms. The van der Waals surface area contributed by atoms with Crippen molar-refractivity contribution in [1.29, 1.82) is 0 Å². The van der Waals surface area contributed by atoms with Crippen molar-refractivity contribution in [2.75, 3.05) is 5.75 Å². The van der Waals surface area contributed by atoms with Crippen molar-refractivity contribution in [3.05, 3.63) is 40.7 Å². The highest BCUT2D eigenvalue weighted by Crippen LogP contribution is 2.35. The van der Waals surface area contributed by atoms with Gasteiger partial charge >= 0.3 is 0 Å². The zero-order valence-corrected chi connectivity index (χ0v) is 13.8. The van der Waals surface area contributed by atoms with E-state index in [1.54, 1.807) is 11.8 Å². The van der Waals surface area contributed by atoms with E-state index >= 15 is 0 Å². The molecule has 4 nitrogen and oxygen atoms in total. The highest BCUT2D eigenvalue weighted by Gasteiger charge is 2.26. The number of nitrogens with zero attached hydrogens (tertiary/aromatic N) is 4. The Kier molecular flexibility index (Phi) is 3.92. The number of hydrogen-bond donors (Lipinski definition) is 0. The molecule has 0 unspecified atom stereocenters. The summed E-state index contributed by atoms with van der Waals surface area (Å²) in [5.41, 5.74) is 2.01. The molecule has 2 aliphatic rings. The molecule has 2 aromatic rings. The molecule has 1 fully saturated rings. The predicted octanol–water partition coefficient (Wildman–Crippen LogP) is 4.34. The molecule has 0 N–H and O–H groups in total. The van der Waals surface area contributed by atoms with Gasteiger partial charge in [-0.2, -0.15) is 9.78 Å². The van der Waals surface area contributed by atoms with E-state index in [0.717, 1.165) is 33.0 Å². The van der Waals surface area contributed by atoms with Crippen molar-refractivity contribution in [3.63, 3.8) is 0 Å². The fraction of sp³-hybridized carbons (Fsp3) is 0.438. The minimum Gasteiger partial charge on any atom is -0.191 e. The Balaban J connectivity index is 1.72. The van der Waals surface area contributed by atoms with Crippen molar-refractivity contribution >= 4 is 29.1 Å². The van der Waals surface area contributed by atoms with Gasteiger partial charge in [0.2, 0.25) is 5.16 Å². The zero-order chi connectivity index (χ0) is 14.9. The maximum atomic E-state index is 6.32. The number of hydrogen-bond acceptors (Lipinski definition) is 4. The molecule has 0 amide bonds. The summed E-state index contributed by atoms with van der Waals surface area (Å²) in [6.45, 7) is 0. The lowest BCUT2D eigenvalue weighted by Crippen LogP contribution is -2.17. The van der Waals surface area contributed by atoms with Crippen molar-refractivity contribution < 1.29 is 0 Å². The van der Waals surface area contributed by atoms with Crippen LogP contribution < -0.4 is 0 Å². The van der Waals surface area contributed by atoms with Crippen LogP contribution in [0.15, 0.2) is 34.5 Å². The number of fused-ring (bicyclic) bond motifs is 1. The maximum Gasteiger partial charge on any atom is 0.212 e. The summed E-state index contributed by atoms with van der Waals surface area (Å²) in [4.78, 5) is 0. The molecule has 0 spiro atoms. The normalized spacial score (nSPS) is 18.9. The first-order chi connectivity index (χ1) is 10.8. The molecular weight excluding hydrogens is 316 g/mol. The molecular formula is C16H17ClN4S. The second-order valence-corrected chi connectivity index (χ2v) is 7.15. The standard InChI is InChI=1S/C16H17ClN4S/c17-13-9-5-4-8-12(13)14-10-22-16-19-18-15(21(16)20-14)11-6-2-1-3-7-11/h4-5,8-9,11H,1-3,6-7,10H2. The third-order valence-electron chi connectivity index (χ3n) is 4.35. The van der Waals surface area contributed by atoms with E-state index in [1.807, 2.05) is 28.9 Å². The largest absolute Gasteiger partial charge is 0.212 e. The van der Waals surface area contributed by atoms with E-state index < -0.39 is 0 Å². The SMILES string of the molecule is Clc1ccccc1C1=Nn2c(nnc2C2CCCCC2)SC1. The van der Waals surface area contributed by atoms with Gasteiger partial charge < -0.3 is 0 Å². The van der Waals surface area contributed by atoms with Crippen LogP contribution in [0.1, 0.15) is 49.4 Å². The third kappa shape index (κ3) is 2.57. The summed E-state index contributed by atoms with van der Waals surface area (Å²) in [5.74, 6) is 2.29. The Bertz CT molecular complexity index is 719. The van der Waals surface area contributed by atoms with Crippen LogP contribution in [0.2, 0.25) is 5.02 Å². The fourth-order valence-corrected chi connectivity index (χ4v) is 4.26. The second kappa shape index (κ2) is 6.05. The molecule has 1 saturated carbocycles. The maximum absolute atomic E-state index is 6.32. The van der Waals surface area contributed by atoms with Gasteiger partial charge in [0.15, 0.2) is 5.82 Å². The number of aromatic nitrogens is 3. The Morgan fingerprint density at radius 3 is 2.73 bits per heavy atom. The Morgan fingerprint density at radius 2 is 1.91 bits per heavy atom. The highest BCUT2D eigenvalue weighted by molar-refractivity contribution is 7.99. The summed E-state index contributed by atoms with van der Waals surface area (Å²) in [7, 11) is 0. The van der Waals surface area contributed by atoms with E-state index in [2.05, 4.69) is 10.2 Å². The molecule has 6 heteroatoms. The van der Waals surface area contributed by atoms with Gasteiger partial charge in [-0.15, -0.1) is 10.2 Å². The number of halogens is 1. The smallest absolute Gasteiger partial charge is 0.191 e. The molecule has 4 rings (SSSR count). The van der Waals surface area contributed by atoms with Gasteiger partial charge in [0, 0.05) is 22.3 Å². The second-order valence-electron chi connectivity index (χ2n) is 5.80. The summed E-state index contributed by atoms with van der Waals surface area (Å²) in [5, 5.41) is 15.2. The molecule has 1 aliphatic carbocycles. The Labute approximate surface area is 139 Å². The summed E-state index contributed by atoms with van der Waals surface area (Å²) in [6.07, 6.45) is 6.28. The highest BCUT2D eigenvalue weighted by atomic mass is 35.5. The lowest BCUT2D eigenvalue weighted by Gasteiger charge is -2.22. The van der Waals surface area contributed by atoms with Crippen LogP contribution in [0.5, 0.6) is 0 Å². The minimum atomic E-state index is 0.491. The van der Waals surface area contributed by atoms with Crippen LogP contribution in [-0.4, -0.2) is 26.3 Å². The van der Waals surface area contributed by atoms with Crippen molar-refractivity contribution in [3.8, 4) is 0 Å². The van der Waals surface area contributed by atoms with Gasteiger partial charge in [0.1, 0.15) is 0 Å². The average molecular weight is 333 g/mol. The molecule has 2 heterocycles. The number of benzene rings is 1. The van der Waals surface area contributed by atoms with Crippen LogP contribution >= 0.6 is 23.4 Å². The quantitative estimate of drug-likeness (QED) is 0.821. The lowest BCUT2D eigenvalue weighted by atomic mass is 9.89. The van der Waals surface area contributed by atoms with E-state index in [9.17, 15) is 0 Å². The first kappa shape index (κ1) is 14.3.